The minimum atomic E-state index is -3.63. The fourth-order valence-electron chi connectivity index (χ4n) is 2.38. The van der Waals surface area contributed by atoms with E-state index in [0.29, 0.717) is 10.7 Å². The van der Waals surface area contributed by atoms with Crippen molar-refractivity contribution in [3.8, 4) is 0 Å². The standard InChI is InChI=1S/C19H20ClNO5S/c1-13-4-3-5-14(2)19(13)21-17(22)12-26-18(23)10-11-27(24,25)16-8-6-15(20)7-9-16/h3-9H,10-12H2,1-2H3,(H,21,22). The summed E-state index contributed by atoms with van der Waals surface area (Å²) in [7, 11) is -3.63. The Labute approximate surface area is 163 Å². The fourth-order valence-corrected chi connectivity index (χ4v) is 3.73. The predicted molar refractivity (Wildman–Crippen MR) is 104 cm³/mol. The van der Waals surface area contributed by atoms with Crippen molar-refractivity contribution in [2.75, 3.05) is 17.7 Å². The van der Waals surface area contributed by atoms with E-state index in [1.165, 1.54) is 24.3 Å². The number of para-hydroxylation sites is 1. The van der Waals surface area contributed by atoms with Crippen LogP contribution in [0.15, 0.2) is 47.4 Å². The number of esters is 1. The van der Waals surface area contributed by atoms with Crippen molar-refractivity contribution in [1.82, 2.24) is 0 Å². The smallest absolute Gasteiger partial charge is 0.307 e. The number of anilines is 1. The Kier molecular flexibility index (Phi) is 6.98. The lowest BCUT2D eigenvalue weighted by molar-refractivity contribution is -0.146. The Bertz CT molecular complexity index is 919. The summed E-state index contributed by atoms with van der Waals surface area (Å²) < 4.78 is 29.2. The SMILES string of the molecule is Cc1cccc(C)c1NC(=O)COC(=O)CCS(=O)(=O)c1ccc(Cl)cc1. The number of carbonyl (C=O) groups is 2. The summed E-state index contributed by atoms with van der Waals surface area (Å²) in [6, 6.07) is 11.3. The first-order chi connectivity index (χ1) is 12.7. The van der Waals surface area contributed by atoms with Crippen LogP contribution in [0.4, 0.5) is 5.69 Å². The van der Waals surface area contributed by atoms with Crippen LogP contribution in [-0.4, -0.2) is 32.7 Å². The number of ether oxygens (including phenoxy) is 1. The molecule has 8 heteroatoms. The van der Waals surface area contributed by atoms with Gasteiger partial charge in [-0.2, -0.15) is 0 Å². The Morgan fingerprint density at radius 1 is 1.04 bits per heavy atom. The van der Waals surface area contributed by atoms with E-state index in [4.69, 9.17) is 16.3 Å². The predicted octanol–water partition coefficient (Wildman–Crippen LogP) is 3.30. The van der Waals surface area contributed by atoms with Gasteiger partial charge in [-0.1, -0.05) is 29.8 Å². The summed E-state index contributed by atoms with van der Waals surface area (Å²) in [6.07, 6.45) is -0.346. The molecule has 6 nitrogen and oxygen atoms in total. The molecule has 0 aromatic heterocycles. The van der Waals surface area contributed by atoms with Crippen molar-refractivity contribution in [2.45, 2.75) is 25.2 Å². The molecule has 0 radical (unpaired) electrons. The van der Waals surface area contributed by atoms with E-state index >= 15 is 0 Å². The molecule has 2 aromatic carbocycles. The summed E-state index contributed by atoms with van der Waals surface area (Å²) in [5.74, 6) is -1.66. The number of nitrogens with one attached hydrogen (secondary N) is 1. The molecule has 0 saturated heterocycles. The Hall–Kier alpha value is -2.38. The van der Waals surface area contributed by atoms with E-state index in [-0.39, 0.29) is 11.3 Å². The largest absolute Gasteiger partial charge is 0.456 e. The van der Waals surface area contributed by atoms with Crippen LogP contribution in [-0.2, 0) is 24.2 Å². The zero-order valence-electron chi connectivity index (χ0n) is 15.0. The van der Waals surface area contributed by atoms with E-state index in [1.807, 2.05) is 32.0 Å². The van der Waals surface area contributed by atoms with E-state index in [9.17, 15) is 18.0 Å². The van der Waals surface area contributed by atoms with E-state index in [1.54, 1.807) is 0 Å². The first kappa shape index (κ1) is 20.9. The van der Waals surface area contributed by atoms with E-state index < -0.39 is 34.1 Å². The van der Waals surface area contributed by atoms with Crippen molar-refractivity contribution < 1.29 is 22.7 Å². The highest BCUT2D eigenvalue weighted by molar-refractivity contribution is 7.91. The molecule has 144 valence electrons. The van der Waals surface area contributed by atoms with Crippen LogP contribution >= 0.6 is 11.6 Å². The third-order valence-electron chi connectivity index (χ3n) is 3.86. The molecule has 0 fully saturated rings. The molecule has 27 heavy (non-hydrogen) atoms. The molecule has 0 aliphatic carbocycles. The van der Waals surface area contributed by atoms with Gasteiger partial charge in [0.1, 0.15) is 0 Å². The van der Waals surface area contributed by atoms with Crippen molar-refractivity contribution in [2.24, 2.45) is 0 Å². The second-order valence-electron chi connectivity index (χ2n) is 6.00. The molecular formula is C19H20ClNO5S. The quantitative estimate of drug-likeness (QED) is 0.708. The molecule has 0 spiro atoms. The van der Waals surface area contributed by atoms with Gasteiger partial charge in [0, 0.05) is 10.7 Å². The average Bonchev–Trinajstić information content (AvgIpc) is 2.62. The third-order valence-corrected chi connectivity index (χ3v) is 5.84. The lowest BCUT2D eigenvalue weighted by Gasteiger charge is -2.11. The van der Waals surface area contributed by atoms with Gasteiger partial charge < -0.3 is 10.1 Å². The Morgan fingerprint density at radius 3 is 2.22 bits per heavy atom. The number of benzene rings is 2. The van der Waals surface area contributed by atoms with Crippen LogP contribution < -0.4 is 5.32 Å². The molecule has 0 bridgehead atoms. The summed E-state index contributed by atoms with van der Waals surface area (Å²) >= 11 is 5.73. The van der Waals surface area contributed by atoms with E-state index in [2.05, 4.69) is 5.32 Å². The van der Waals surface area contributed by atoms with Crippen molar-refractivity contribution >= 4 is 39.0 Å². The number of carbonyl (C=O) groups excluding carboxylic acids is 2. The molecule has 0 saturated carbocycles. The van der Waals surface area contributed by atoms with E-state index in [0.717, 1.165) is 11.1 Å². The number of hydrogen-bond acceptors (Lipinski definition) is 5. The summed E-state index contributed by atoms with van der Waals surface area (Å²) in [6.45, 7) is 3.24. The zero-order chi connectivity index (χ0) is 20.0. The maximum absolute atomic E-state index is 12.2. The highest BCUT2D eigenvalue weighted by Crippen LogP contribution is 2.19. The molecule has 0 aliphatic heterocycles. The number of halogens is 1. The molecular weight excluding hydrogens is 390 g/mol. The highest BCUT2D eigenvalue weighted by Gasteiger charge is 2.18. The van der Waals surface area contributed by atoms with Crippen LogP contribution in [0.3, 0.4) is 0 Å². The van der Waals surface area contributed by atoms with Gasteiger partial charge in [0.2, 0.25) is 0 Å². The Morgan fingerprint density at radius 2 is 1.63 bits per heavy atom. The molecule has 2 aromatic rings. The number of hydrogen-bond donors (Lipinski definition) is 1. The van der Waals surface area contributed by atoms with Crippen molar-refractivity contribution in [1.29, 1.82) is 0 Å². The normalized spacial score (nSPS) is 11.1. The molecule has 1 amide bonds. The zero-order valence-corrected chi connectivity index (χ0v) is 16.6. The number of aryl methyl sites for hydroxylation is 2. The minimum Gasteiger partial charge on any atom is -0.456 e. The maximum atomic E-state index is 12.2. The van der Waals surface area contributed by atoms with Crippen LogP contribution in [0.25, 0.3) is 0 Å². The molecule has 0 unspecified atom stereocenters. The summed E-state index contributed by atoms with van der Waals surface area (Å²) in [5.41, 5.74) is 2.45. The molecule has 2 rings (SSSR count). The Balaban J connectivity index is 1.84. The molecule has 0 atom stereocenters. The van der Waals surface area contributed by atoms with Gasteiger partial charge in [0.15, 0.2) is 16.4 Å². The maximum Gasteiger partial charge on any atom is 0.307 e. The fraction of sp³-hybridized carbons (Fsp3) is 0.263. The van der Waals surface area contributed by atoms with Crippen molar-refractivity contribution in [3.63, 3.8) is 0 Å². The third kappa shape index (κ3) is 6.08. The van der Waals surface area contributed by atoms with Gasteiger partial charge >= 0.3 is 5.97 Å². The number of sulfone groups is 1. The lowest BCUT2D eigenvalue weighted by Crippen LogP contribution is -2.22. The topological polar surface area (TPSA) is 89.5 Å². The van der Waals surface area contributed by atoms with Gasteiger partial charge in [-0.3, -0.25) is 9.59 Å². The van der Waals surface area contributed by atoms with Gasteiger partial charge in [0.05, 0.1) is 17.1 Å². The first-order valence-electron chi connectivity index (χ1n) is 8.19. The molecule has 1 N–H and O–H groups in total. The highest BCUT2D eigenvalue weighted by atomic mass is 35.5. The van der Waals surface area contributed by atoms with Crippen molar-refractivity contribution in [3.05, 3.63) is 58.6 Å². The first-order valence-corrected chi connectivity index (χ1v) is 10.2. The monoisotopic (exact) mass is 409 g/mol. The minimum absolute atomic E-state index is 0.0764. The van der Waals surface area contributed by atoms with Crippen LogP contribution in [0.1, 0.15) is 17.5 Å². The van der Waals surface area contributed by atoms with Crippen LogP contribution in [0, 0.1) is 13.8 Å². The second kappa shape index (κ2) is 9.01. The average molecular weight is 410 g/mol. The summed E-state index contributed by atoms with van der Waals surface area (Å²) in [4.78, 5) is 23.8. The lowest BCUT2D eigenvalue weighted by atomic mass is 10.1. The van der Waals surface area contributed by atoms with Gasteiger partial charge in [-0.25, -0.2) is 8.42 Å². The molecule has 0 heterocycles. The van der Waals surface area contributed by atoms with Crippen LogP contribution in [0.5, 0.6) is 0 Å². The second-order valence-corrected chi connectivity index (χ2v) is 8.54. The van der Waals surface area contributed by atoms with Gasteiger partial charge in [-0.05, 0) is 49.2 Å². The summed E-state index contributed by atoms with van der Waals surface area (Å²) in [5, 5.41) is 3.11. The van der Waals surface area contributed by atoms with Crippen LogP contribution in [0.2, 0.25) is 5.02 Å². The van der Waals surface area contributed by atoms with Gasteiger partial charge in [0.25, 0.3) is 5.91 Å². The molecule has 0 aliphatic rings. The van der Waals surface area contributed by atoms with Gasteiger partial charge in [-0.15, -0.1) is 0 Å². The number of rotatable bonds is 7. The number of amides is 1.